The van der Waals surface area contributed by atoms with Crippen LogP contribution in [0.2, 0.25) is 0 Å². The van der Waals surface area contributed by atoms with Crippen LogP contribution in [0.3, 0.4) is 0 Å². The van der Waals surface area contributed by atoms with Crippen LogP contribution >= 0.6 is 0 Å². The molecule has 3 nitrogen and oxygen atoms in total. The van der Waals surface area contributed by atoms with E-state index in [1.165, 1.54) is 13.0 Å². The molecule has 130 valence electrons. The fraction of sp³-hybridized carbons (Fsp3) is 0.200. The lowest BCUT2D eigenvalue weighted by Crippen LogP contribution is -2.24. The highest BCUT2D eigenvalue weighted by atomic mass is 32.2. The lowest BCUT2D eigenvalue weighted by atomic mass is 10.1. The summed E-state index contributed by atoms with van der Waals surface area (Å²) >= 11 is 0. The van der Waals surface area contributed by atoms with E-state index < -0.39 is 39.9 Å². The zero-order valence-corrected chi connectivity index (χ0v) is 13.1. The van der Waals surface area contributed by atoms with E-state index >= 15 is 0 Å². The van der Waals surface area contributed by atoms with Gasteiger partial charge in [-0.3, -0.25) is 0 Å². The van der Waals surface area contributed by atoms with Gasteiger partial charge in [-0.25, -0.2) is 21.9 Å². The van der Waals surface area contributed by atoms with Gasteiger partial charge in [0.2, 0.25) is 10.0 Å². The highest BCUT2D eigenvalue weighted by Crippen LogP contribution is 2.30. The Morgan fingerprint density at radius 1 is 1.04 bits per heavy atom. The van der Waals surface area contributed by atoms with Crippen LogP contribution in [0.15, 0.2) is 41.3 Å². The minimum absolute atomic E-state index is 0.263. The van der Waals surface area contributed by atoms with E-state index in [4.69, 9.17) is 0 Å². The predicted octanol–water partition coefficient (Wildman–Crippen LogP) is 3.77. The van der Waals surface area contributed by atoms with Crippen molar-refractivity contribution in [3.8, 4) is 0 Å². The van der Waals surface area contributed by atoms with Gasteiger partial charge in [-0.2, -0.15) is 13.2 Å². The molecule has 0 aromatic heterocycles. The second kappa shape index (κ2) is 6.48. The first kappa shape index (κ1) is 18.3. The number of nitrogens with one attached hydrogen (secondary N) is 1. The first-order valence-electron chi connectivity index (χ1n) is 6.62. The summed E-state index contributed by atoms with van der Waals surface area (Å²) in [6.45, 7) is 0.884. The summed E-state index contributed by atoms with van der Waals surface area (Å²) in [7, 11) is -4.15. The van der Waals surface area contributed by atoms with Crippen LogP contribution in [0.4, 0.5) is 22.0 Å². The van der Waals surface area contributed by atoms with Gasteiger partial charge < -0.3 is 0 Å². The van der Waals surface area contributed by atoms with Crippen LogP contribution < -0.4 is 4.72 Å². The molecule has 24 heavy (non-hydrogen) atoms. The average molecular weight is 365 g/mol. The molecule has 0 amide bonds. The summed E-state index contributed by atoms with van der Waals surface area (Å²) in [5, 5.41) is 0. The molecule has 0 aliphatic heterocycles. The Kier molecular flexibility index (Phi) is 4.95. The SMILES string of the molecule is Cc1ccc(F)cc1S(=O)(=O)NCc1ccc(C(F)(F)F)cc1F. The van der Waals surface area contributed by atoms with Crippen LogP contribution in [0.1, 0.15) is 16.7 Å². The van der Waals surface area contributed by atoms with Crippen molar-refractivity contribution in [2.75, 3.05) is 0 Å². The van der Waals surface area contributed by atoms with E-state index in [2.05, 4.69) is 0 Å². The molecular weight excluding hydrogens is 353 g/mol. The molecule has 0 spiro atoms. The first-order valence-corrected chi connectivity index (χ1v) is 8.10. The molecule has 0 saturated carbocycles. The normalized spacial score (nSPS) is 12.4. The van der Waals surface area contributed by atoms with Gasteiger partial charge in [0.25, 0.3) is 0 Å². The van der Waals surface area contributed by atoms with Crippen LogP contribution in [-0.2, 0) is 22.7 Å². The Morgan fingerprint density at radius 2 is 1.71 bits per heavy atom. The number of aryl methyl sites for hydroxylation is 1. The van der Waals surface area contributed by atoms with Gasteiger partial charge in [0.1, 0.15) is 11.6 Å². The molecule has 0 saturated heterocycles. The average Bonchev–Trinajstić information content (AvgIpc) is 2.47. The Labute approximate surface area is 135 Å². The molecule has 0 radical (unpaired) electrons. The number of halogens is 5. The highest BCUT2D eigenvalue weighted by molar-refractivity contribution is 7.89. The number of alkyl halides is 3. The molecule has 0 unspecified atom stereocenters. The monoisotopic (exact) mass is 365 g/mol. The molecule has 2 rings (SSSR count). The van der Waals surface area contributed by atoms with Crippen LogP contribution in [0, 0.1) is 18.6 Å². The summed E-state index contributed by atoms with van der Waals surface area (Å²) in [5.41, 5.74) is -1.16. The predicted molar refractivity (Wildman–Crippen MR) is 76.6 cm³/mol. The molecule has 0 bridgehead atoms. The number of rotatable bonds is 4. The summed E-state index contributed by atoms with van der Waals surface area (Å²) in [6, 6.07) is 4.95. The third-order valence-electron chi connectivity index (χ3n) is 3.27. The minimum atomic E-state index is -4.70. The van der Waals surface area contributed by atoms with Gasteiger partial charge >= 0.3 is 6.18 Å². The standard InChI is InChI=1S/C15H12F5NO2S/c1-9-2-5-12(16)7-14(9)24(22,23)21-8-10-3-4-11(6-13(10)17)15(18,19)20/h2-7,21H,8H2,1H3. The second-order valence-corrected chi connectivity index (χ2v) is 6.77. The van der Waals surface area contributed by atoms with Crippen molar-refractivity contribution in [2.45, 2.75) is 24.5 Å². The van der Waals surface area contributed by atoms with E-state index in [0.717, 1.165) is 18.2 Å². The van der Waals surface area contributed by atoms with Crippen molar-refractivity contribution in [1.29, 1.82) is 0 Å². The summed E-state index contributed by atoms with van der Waals surface area (Å²) in [5.74, 6) is -1.95. The molecule has 0 fully saturated rings. The molecule has 0 aliphatic rings. The summed E-state index contributed by atoms with van der Waals surface area (Å²) < 4.78 is 90.6. The molecule has 2 aromatic carbocycles. The number of hydrogen-bond donors (Lipinski definition) is 1. The number of hydrogen-bond acceptors (Lipinski definition) is 2. The maximum atomic E-state index is 13.7. The highest BCUT2D eigenvalue weighted by Gasteiger charge is 2.31. The van der Waals surface area contributed by atoms with Crippen LogP contribution in [0.25, 0.3) is 0 Å². The van der Waals surface area contributed by atoms with Crippen molar-refractivity contribution in [1.82, 2.24) is 4.72 Å². The van der Waals surface area contributed by atoms with Gasteiger partial charge in [0.15, 0.2) is 0 Å². The van der Waals surface area contributed by atoms with Crippen molar-refractivity contribution < 1.29 is 30.4 Å². The Bertz CT molecular complexity index is 863. The minimum Gasteiger partial charge on any atom is -0.207 e. The van der Waals surface area contributed by atoms with Gasteiger partial charge in [0.05, 0.1) is 10.5 Å². The molecule has 9 heteroatoms. The Morgan fingerprint density at radius 3 is 2.29 bits per heavy atom. The molecule has 0 atom stereocenters. The second-order valence-electron chi connectivity index (χ2n) is 5.04. The largest absolute Gasteiger partial charge is 0.416 e. The van der Waals surface area contributed by atoms with E-state index in [-0.39, 0.29) is 22.1 Å². The van der Waals surface area contributed by atoms with E-state index in [9.17, 15) is 30.4 Å². The zero-order valence-electron chi connectivity index (χ0n) is 12.3. The fourth-order valence-electron chi connectivity index (χ4n) is 1.98. The molecule has 0 aliphatic carbocycles. The van der Waals surface area contributed by atoms with E-state index in [1.807, 2.05) is 4.72 Å². The Hall–Kier alpha value is -2.00. The van der Waals surface area contributed by atoms with E-state index in [1.54, 1.807) is 0 Å². The van der Waals surface area contributed by atoms with Gasteiger partial charge in [-0.1, -0.05) is 12.1 Å². The van der Waals surface area contributed by atoms with Crippen LogP contribution in [-0.4, -0.2) is 8.42 Å². The zero-order chi connectivity index (χ0) is 18.1. The van der Waals surface area contributed by atoms with Gasteiger partial charge in [-0.05, 0) is 36.8 Å². The van der Waals surface area contributed by atoms with Crippen molar-refractivity contribution in [3.63, 3.8) is 0 Å². The molecule has 2 aromatic rings. The van der Waals surface area contributed by atoms with Crippen molar-refractivity contribution in [3.05, 3.63) is 64.7 Å². The fourth-order valence-corrected chi connectivity index (χ4v) is 3.24. The topological polar surface area (TPSA) is 46.2 Å². The first-order chi connectivity index (χ1) is 11.0. The van der Waals surface area contributed by atoms with Crippen LogP contribution in [0.5, 0.6) is 0 Å². The third-order valence-corrected chi connectivity index (χ3v) is 4.82. The molecular formula is C15H12F5NO2S. The molecule has 0 heterocycles. The number of benzene rings is 2. The lowest BCUT2D eigenvalue weighted by Gasteiger charge is -2.11. The van der Waals surface area contributed by atoms with Gasteiger partial charge in [0, 0.05) is 12.1 Å². The summed E-state index contributed by atoms with van der Waals surface area (Å²) in [4.78, 5) is -0.324. The quantitative estimate of drug-likeness (QED) is 0.839. The molecule has 1 N–H and O–H groups in total. The van der Waals surface area contributed by atoms with Gasteiger partial charge in [-0.15, -0.1) is 0 Å². The maximum absolute atomic E-state index is 13.7. The van der Waals surface area contributed by atoms with E-state index in [0.29, 0.717) is 6.07 Å². The Balaban J connectivity index is 2.23. The van der Waals surface area contributed by atoms with Crippen molar-refractivity contribution >= 4 is 10.0 Å². The number of sulfonamides is 1. The summed E-state index contributed by atoms with van der Waals surface area (Å²) in [6.07, 6.45) is -4.70. The van der Waals surface area contributed by atoms with Crippen molar-refractivity contribution in [2.24, 2.45) is 0 Å². The maximum Gasteiger partial charge on any atom is 0.416 e. The smallest absolute Gasteiger partial charge is 0.207 e. The lowest BCUT2D eigenvalue weighted by molar-refractivity contribution is -0.137. The third kappa shape index (κ3) is 4.09.